The van der Waals surface area contributed by atoms with Crippen LogP contribution in [0.15, 0.2) is 30.3 Å². The van der Waals surface area contributed by atoms with E-state index in [1.807, 2.05) is 30.3 Å². The molecule has 22 heavy (non-hydrogen) atoms. The van der Waals surface area contributed by atoms with E-state index in [0.29, 0.717) is 13.0 Å². The fourth-order valence-electron chi connectivity index (χ4n) is 3.10. The Hall–Kier alpha value is -1.44. The third-order valence-corrected chi connectivity index (χ3v) is 6.48. The van der Waals surface area contributed by atoms with Crippen LogP contribution < -0.4 is 10.9 Å². The zero-order valence-electron chi connectivity index (χ0n) is 12.4. The number of carbonyl (C=O) groups is 1. The zero-order chi connectivity index (χ0) is 15.6. The van der Waals surface area contributed by atoms with E-state index in [0.717, 1.165) is 18.5 Å². The molecule has 1 aromatic carbocycles. The molecule has 2 aliphatic heterocycles. The number of hydrogen-bond acceptors (Lipinski definition) is 5. The normalized spacial score (nSPS) is 28.3. The molecule has 0 spiro atoms. The van der Waals surface area contributed by atoms with Crippen LogP contribution >= 0.6 is 0 Å². The van der Waals surface area contributed by atoms with Gasteiger partial charge in [0, 0.05) is 19.6 Å². The molecule has 2 heterocycles. The molecule has 7 heteroatoms. The predicted octanol–water partition coefficient (Wildman–Crippen LogP) is 0.241. The van der Waals surface area contributed by atoms with Gasteiger partial charge in [-0.3, -0.25) is 10.2 Å². The number of benzene rings is 1. The molecular formula is C15H21N3O3S. The van der Waals surface area contributed by atoms with E-state index in [9.17, 15) is 13.2 Å². The monoisotopic (exact) mass is 323 g/mol. The topological polar surface area (TPSA) is 78.5 Å². The Morgan fingerprint density at radius 3 is 2.59 bits per heavy atom. The molecule has 2 unspecified atom stereocenters. The summed E-state index contributed by atoms with van der Waals surface area (Å²) in [7, 11) is -3.23. The Labute approximate surface area is 130 Å². The second-order valence-corrected chi connectivity index (χ2v) is 8.10. The number of rotatable bonds is 2. The van der Waals surface area contributed by atoms with Crippen molar-refractivity contribution in [3.8, 4) is 0 Å². The number of hydrazine groups is 1. The van der Waals surface area contributed by atoms with Crippen LogP contribution in [0.25, 0.3) is 0 Å². The first-order chi connectivity index (χ1) is 10.6. The van der Waals surface area contributed by atoms with Gasteiger partial charge in [0.05, 0.1) is 11.0 Å². The number of nitrogens with zero attached hydrogens (tertiary/aromatic N) is 1. The number of nitrogens with one attached hydrogen (secondary N) is 2. The molecule has 120 valence electrons. The lowest BCUT2D eigenvalue weighted by Gasteiger charge is -2.23. The summed E-state index contributed by atoms with van der Waals surface area (Å²) in [5, 5.41) is -0.513. The molecule has 2 atom stereocenters. The summed E-state index contributed by atoms with van der Waals surface area (Å²) in [6, 6.07) is 9.04. The van der Waals surface area contributed by atoms with Crippen LogP contribution in [0.2, 0.25) is 0 Å². The molecule has 3 rings (SSSR count). The van der Waals surface area contributed by atoms with Gasteiger partial charge in [-0.25, -0.2) is 13.8 Å². The van der Waals surface area contributed by atoms with Gasteiger partial charge in [0.15, 0.2) is 9.84 Å². The SMILES string of the molecule is O=C(C1CCNN1)N1CCC(c2ccccc2)S(=O)(=O)CC1. The van der Waals surface area contributed by atoms with Gasteiger partial charge >= 0.3 is 0 Å². The van der Waals surface area contributed by atoms with Crippen LogP contribution in [0.4, 0.5) is 0 Å². The predicted molar refractivity (Wildman–Crippen MR) is 83.7 cm³/mol. The van der Waals surface area contributed by atoms with Gasteiger partial charge in [0.2, 0.25) is 5.91 Å². The highest BCUT2D eigenvalue weighted by atomic mass is 32.2. The second kappa shape index (κ2) is 6.36. The zero-order valence-corrected chi connectivity index (χ0v) is 13.2. The molecule has 0 saturated carbocycles. The molecule has 1 amide bonds. The minimum atomic E-state index is -3.23. The molecule has 2 N–H and O–H groups in total. The number of sulfone groups is 1. The summed E-state index contributed by atoms with van der Waals surface area (Å²) in [6.45, 7) is 1.52. The molecule has 2 saturated heterocycles. The van der Waals surface area contributed by atoms with Gasteiger partial charge in [-0.2, -0.15) is 0 Å². The van der Waals surface area contributed by atoms with E-state index in [-0.39, 0.29) is 24.2 Å². The Morgan fingerprint density at radius 2 is 1.91 bits per heavy atom. The van der Waals surface area contributed by atoms with Gasteiger partial charge < -0.3 is 4.90 Å². The number of hydrogen-bond donors (Lipinski definition) is 2. The Balaban J connectivity index is 1.76. The van der Waals surface area contributed by atoms with E-state index in [2.05, 4.69) is 10.9 Å². The lowest BCUT2D eigenvalue weighted by molar-refractivity contribution is -0.132. The van der Waals surface area contributed by atoms with Crippen molar-refractivity contribution in [3.63, 3.8) is 0 Å². The lowest BCUT2D eigenvalue weighted by Crippen LogP contribution is -2.46. The van der Waals surface area contributed by atoms with E-state index in [1.165, 1.54) is 0 Å². The largest absolute Gasteiger partial charge is 0.340 e. The Bertz CT molecular complexity index is 627. The highest BCUT2D eigenvalue weighted by Gasteiger charge is 2.34. The summed E-state index contributed by atoms with van der Waals surface area (Å²) in [5.41, 5.74) is 6.71. The van der Waals surface area contributed by atoms with Crippen molar-refractivity contribution in [3.05, 3.63) is 35.9 Å². The molecule has 2 aliphatic rings. The molecule has 0 aromatic heterocycles. The highest BCUT2D eigenvalue weighted by molar-refractivity contribution is 7.91. The third-order valence-electron chi connectivity index (χ3n) is 4.36. The smallest absolute Gasteiger partial charge is 0.241 e. The third kappa shape index (κ3) is 3.16. The Morgan fingerprint density at radius 1 is 1.14 bits per heavy atom. The van der Waals surface area contributed by atoms with Crippen LogP contribution in [0.3, 0.4) is 0 Å². The fourth-order valence-corrected chi connectivity index (χ4v) is 4.89. The first kappa shape index (κ1) is 15.5. The second-order valence-electron chi connectivity index (χ2n) is 5.79. The van der Waals surface area contributed by atoms with E-state index >= 15 is 0 Å². The standard InChI is InChI=1S/C15H21N3O3S/c19-15(13-6-8-16-17-13)18-9-7-14(22(20,21)11-10-18)12-4-2-1-3-5-12/h1-5,13-14,16-17H,6-11H2. The average Bonchev–Trinajstić information content (AvgIpc) is 3.00. The van der Waals surface area contributed by atoms with Gasteiger partial charge in [-0.05, 0) is 18.4 Å². The van der Waals surface area contributed by atoms with Gasteiger partial charge in [-0.15, -0.1) is 0 Å². The van der Waals surface area contributed by atoms with Crippen molar-refractivity contribution in [2.75, 3.05) is 25.4 Å². The van der Waals surface area contributed by atoms with Crippen molar-refractivity contribution in [2.24, 2.45) is 0 Å². The van der Waals surface area contributed by atoms with E-state index in [4.69, 9.17) is 0 Å². The van der Waals surface area contributed by atoms with Gasteiger partial charge in [0.25, 0.3) is 0 Å². The molecule has 6 nitrogen and oxygen atoms in total. The van der Waals surface area contributed by atoms with Crippen molar-refractivity contribution in [1.82, 2.24) is 15.8 Å². The van der Waals surface area contributed by atoms with Crippen LogP contribution in [-0.4, -0.2) is 50.7 Å². The maximum atomic E-state index is 12.5. The van der Waals surface area contributed by atoms with Gasteiger partial charge in [0.1, 0.15) is 6.04 Å². The van der Waals surface area contributed by atoms with Crippen molar-refractivity contribution in [2.45, 2.75) is 24.1 Å². The van der Waals surface area contributed by atoms with E-state index in [1.54, 1.807) is 4.90 Å². The molecule has 2 fully saturated rings. The number of amides is 1. The van der Waals surface area contributed by atoms with Crippen molar-refractivity contribution < 1.29 is 13.2 Å². The van der Waals surface area contributed by atoms with Crippen LogP contribution in [0, 0.1) is 0 Å². The van der Waals surface area contributed by atoms with Crippen LogP contribution in [-0.2, 0) is 14.6 Å². The summed E-state index contributed by atoms with van der Waals surface area (Å²) in [6.07, 6.45) is 1.20. The van der Waals surface area contributed by atoms with Crippen molar-refractivity contribution >= 4 is 15.7 Å². The highest BCUT2D eigenvalue weighted by Crippen LogP contribution is 2.29. The lowest BCUT2D eigenvalue weighted by atomic mass is 10.1. The van der Waals surface area contributed by atoms with Crippen LogP contribution in [0.1, 0.15) is 23.7 Å². The van der Waals surface area contributed by atoms with Crippen LogP contribution in [0.5, 0.6) is 0 Å². The summed E-state index contributed by atoms with van der Waals surface area (Å²) >= 11 is 0. The average molecular weight is 323 g/mol. The van der Waals surface area contributed by atoms with E-state index < -0.39 is 15.1 Å². The molecule has 0 aliphatic carbocycles. The Kier molecular flexibility index (Phi) is 4.46. The molecule has 0 radical (unpaired) electrons. The molecular weight excluding hydrogens is 302 g/mol. The maximum Gasteiger partial charge on any atom is 0.241 e. The summed E-state index contributed by atoms with van der Waals surface area (Å²) < 4.78 is 25.1. The van der Waals surface area contributed by atoms with Gasteiger partial charge in [-0.1, -0.05) is 30.3 Å². The summed E-state index contributed by atoms with van der Waals surface area (Å²) in [4.78, 5) is 14.1. The fraction of sp³-hybridized carbons (Fsp3) is 0.533. The minimum Gasteiger partial charge on any atom is -0.340 e. The molecule has 0 bridgehead atoms. The first-order valence-electron chi connectivity index (χ1n) is 7.61. The molecule has 1 aromatic rings. The number of carbonyl (C=O) groups excluding carboxylic acids is 1. The minimum absolute atomic E-state index is 0.00564. The summed E-state index contributed by atoms with van der Waals surface area (Å²) in [5.74, 6) is 0.0206. The quantitative estimate of drug-likeness (QED) is 0.815. The maximum absolute atomic E-state index is 12.5. The first-order valence-corrected chi connectivity index (χ1v) is 9.33. The van der Waals surface area contributed by atoms with Crippen molar-refractivity contribution in [1.29, 1.82) is 0 Å².